The van der Waals surface area contributed by atoms with Gasteiger partial charge in [0.1, 0.15) is 11.9 Å². The normalized spacial score (nSPS) is 20.6. The largest absolute Gasteiger partial charge is 0.488 e. The van der Waals surface area contributed by atoms with Crippen molar-refractivity contribution in [1.29, 1.82) is 0 Å². The van der Waals surface area contributed by atoms with E-state index in [4.69, 9.17) is 18.9 Å². The second kappa shape index (κ2) is 14.8. The van der Waals surface area contributed by atoms with Gasteiger partial charge in [-0.25, -0.2) is 4.79 Å². The number of fused-ring (bicyclic) bond motifs is 2. The first kappa shape index (κ1) is 32.3. The second-order valence-corrected chi connectivity index (χ2v) is 11.8. The van der Waals surface area contributed by atoms with Gasteiger partial charge in [0.25, 0.3) is 0 Å². The molecule has 5 rings (SSSR count). The van der Waals surface area contributed by atoms with Gasteiger partial charge in [-0.2, -0.15) is 0 Å². The fraction of sp³-hybridized carbons (Fsp3) is 0.531. The summed E-state index contributed by atoms with van der Waals surface area (Å²) < 4.78 is 22.7. The quantitative estimate of drug-likeness (QED) is 0.383. The molecule has 0 saturated carbocycles. The Morgan fingerprint density at radius 1 is 1.04 bits per heavy atom. The molecule has 2 aromatic carbocycles. The third-order valence-electron chi connectivity index (χ3n) is 8.38. The van der Waals surface area contributed by atoms with Gasteiger partial charge in [-0.15, -0.1) is 0 Å². The molecule has 3 heterocycles. The zero-order valence-corrected chi connectivity index (χ0v) is 26.1. The van der Waals surface area contributed by atoms with Gasteiger partial charge in [-0.1, -0.05) is 6.92 Å². The summed E-state index contributed by atoms with van der Waals surface area (Å²) in [5.74, 6) is 1.24. The predicted molar refractivity (Wildman–Crippen MR) is 167 cm³/mol. The van der Waals surface area contributed by atoms with Crippen LogP contribution in [0.15, 0.2) is 36.4 Å². The Balaban J connectivity index is 1.30. The minimum atomic E-state index is -0.482. The molecule has 45 heavy (non-hydrogen) atoms. The van der Waals surface area contributed by atoms with E-state index in [1.165, 1.54) is 4.90 Å². The first-order chi connectivity index (χ1) is 21.7. The number of benzene rings is 2. The summed E-state index contributed by atoms with van der Waals surface area (Å²) in [6, 6.07) is 9.75. The van der Waals surface area contributed by atoms with E-state index < -0.39 is 12.1 Å². The van der Waals surface area contributed by atoms with Gasteiger partial charge in [-0.3, -0.25) is 14.5 Å². The summed E-state index contributed by atoms with van der Waals surface area (Å²) in [5, 5.41) is 15.8. The number of aliphatic hydroxyl groups is 1. The van der Waals surface area contributed by atoms with E-state index in [0.29, 0.717) is 66.9 Å². The lowest BCUT2D eigenvalue weighted by molar-refractivity contribution is -0.134. The molecule has 13 nitrogen and oxygen atoms in total. The fourth-order valence-corrected chi connectivity index (χ4v) is 5.58. The van der Waals surface area contributed by atoms with Crippen molar-refractivity contribution in [2.75, 3.05) is 77.0 Å². The predicted octanol–water partition coefficient (Wildman–Crippen LogP) is 2.39. The summed E-state index contributed by atoms with van der Waals surface area (Å²) in [4.78, 5) is 44.8. The number of urea groups is 1. The topological polar surface area (TPSA) is 142 Å². The van der Waals surface area contributed by atoms with Gasteiger partial charge in [0.15, 0.2) is 11.5 Å². The zero-order valence-electron chi connectivity index (χ0n) is 26.1. The Morgan fingerprint density at radius 3 is 2.51 bits per heavy atom. The van der Waals surface area contributed by atoms with E-state index in [-0.39, 0.29) is 50.1 Å². The van der Waals surface area contributed by atoms with Crippen LogP contribution in [0.5, 0.6) is 17.2 Å². The van der Waals surface area contributed by atoms with Crippen LogP contribution in [0.25, 0.3) is 0 Å². The summed E-state index contributed by atoms with van der Waals surface area (Å²) in [5.41, 5.74) is 1.76. The van der Waals surface area contributed by atoms with E-state index in [9.17, 15) is 19.5 Å². The summed E-state index contributed by atoms with van der Waals surface area (Å²) in [6.45, 7) is 7.89. The van der Waals surface area contributed by atoms with E-state index in [0.717, 1.165) is 13.1 Å². The van der Waals surface area contributed by atoms with Crippen LogP contribution in [-0.2, 0) is 20.7 Å². The lowest BCUT2D eigenvalue weighted by atomic mass is 10.0. The number of morpholine rings is 1. The highest BCUT2D eigenvalue weighted by Gasteiger charge is 2.32. The van der Waals surface area contributed by atoms with Gasteiger partial charge >= 0.3 is 6.03 Å². The second-order valence-electron chi connectivity index (χ2n) is 11.8. The van der Waals surface area contributed by atoms with Crippen LogP contribution in [0.2, 0.25) is 0 Å². The van der Waals surface area contributed by atoms with Crippen LogP contribution in [0.1, 0.15) is 25.8 Å². The number of amides is 4. The molecule has 0 spiro atoms. The minimum absolute atomic E-state index is 0.0387. The molecular formula is C32H43N5O8. The number of hydrogen-bond donors (Lipinski definition) is 3. The summed E-state index contributed by atoms with van der Waals surface area (Å²) in [6.07, 6.45) is -0.101. The molecule has 0 aromatic heterocycles. The number of nitrogens with zero attached hydrogens (tertiary/aromatic N) is 3. The molecular weight excluding hydrogens is 582 g/mol. The number of aliphatic hydroxyl groups excluding tert-OH is 1. The standard InChI is InChI=1S/C32H43N5O8/c1-21-17-37(22(2)19-38)31(40)15-23-14-24(33-30(39)8-9-36-10-12-42-13-11-36)4-6-26(23)45-29(21)18-35(3)32(41)34-25-5-7-27-28(16-25)44-20-43-27/h4-7,14,16,21-22,29,38H,8-13,15,17-20H2,1-3H3,(H,33,39)(H,34,41)/t21-,22+,29+/m1/s1. The highest BCUT2D eigenvalue weighted by Crippen LogP contribution is 2.34. The van der Waals surface area contributed by atoms with Crippen molar-refractivity contribution < 1.29 is 38.4 Å². The smallest absolute Gasteiger partial charge is 0.321 e. The maximum absolute atomic E-state index is 13.5. The number of rotatable bonds is 9. The Labute approximate surface area is 263 Å². The van der Waals surface area contributed by atoms with E-state index >= 15 is 0 Å². The van der Waals surface area contributed by atoms with Gasteiger partial charge in [0, 0.05) is 68.6 Å². The van der Waals surface area contributed by atoms with Crippen molar-refractivity contribution >= 4 is 29.2 Å². The monoisotopic (exact) mass is 625 g/mol. The Kier molecular flexibility index (Phi) is 10.6. The van der Waals surface area contributed by atoms with E-state index in [2.05, 4.69) is 15.5 Å². The number of ether oxygens (including phenoxy) is 4. The molecule has 3 atom stereocenters. The van der Waals surface area contributed by atoms with Crippen molar-refractivity contribution in [1.82, 2.24) is 14.7 Å². The average molecular weight is 626 g/mol. The van der Waals surface area contributed by atoms with Crippen LogP contribution < -0.4 is 24.8 Å². The average Bonchev–Trinajstić information content (AvgIpc) is 3.52. The molecule has 13 heteroatoms. The molecule has 1 saturated heterocycles. The Bertz CT molecular complexity index is 1370. The third kappa shape index (κ3) is 8.35. The number of likely N-dealkylation sites (N-methyl/N-ethyl adjacent to an activating group) is 1. The highest BCUT2D eigenvalue weighted by molar-refractivity contribution is 5.91. The molecule has 3 aliphatic rings. The Hall–Kier alpha value is -4.07. The number of nitrogens with one attached hydrogen (secondary N) is 2. The lowest BCUT2D eigenvalue weighted by Gasteiger charge is -2.34. The first-order valence-electron chi connectivity index (χ1n) is 15.4. The fourth-order valence-electron chi connectivity index (χ4n) is 5.58. The van der Waals surface area contributed by atoms with E-state index in [1.54, 1.807) is 55.3 Å². The molecule has 0 aliphatic carbocycles. The van der Waals surface area contributed by atoms with E-state index in [1.807, 2.05) is 6.92 Å². The Morgan fingerprint density at radius 2 is 1.76 bits per heavy atom. The summed E-state index contributed by atoms with van der Waals surface area (Å²) >= 11 is 0. The van der Waals surface area contributed by atoms with Crippen molar-refractivity contribution in [3.63, 3.8) is 0 Å². The number of hydrogen-bond acceptors (Lipinski definition) is 9. The van der Waals surface area contributed by atoms with Crippen molar-refractivity contribution in [3.05, 3.63) is 42.0 Å². The highest BCUT2D eigenvalue weighted by atomic mass is 16.7. The number of carbonyl (C=O) groups is 3. The molecule has 4 amide bonds. The summed E-state index contributed by atoms with van der Waals surface area (Å²) in [7, 11) is 1.68. The molecule has 0 radical (unpaired) electrons. The van der Waals surface area contributed by atoms with Crippen LogP contribution in [0.4, 0.5) is 16.2 Å². The zero-order chi connectivity index (χ0) is 31.9. The number of anilines is 2. The molecule has 0 bridgehead atoms. The molecule has 2 aromatic rings. The number of carbonyl (C=O) groups excluding carboxylic acids is 3. The van der Waals surface area contributed by atoms with Gasteiger partial charge < -0.3 is 44.5 Å². The first-order valence-corrected chi connectivity index (χ1v) is 15.4. The van der Waals surface area contributed by atoms with Gasteiger partial charge in [0.05, 0.1) is 38.8 Å². The lowest BCUT2D eigenvalue weighted by Crippen LogP contribution is -2.48. The van der Waals surface area contributed by atoms with Crippen molar-refractivity contribution in [2.24, 2.45) is 5.92 Å². The maximum atomic E-state index is 13.5. The molecule has 3 N–H and O–H groups in total. The van der Waals surface area contributed by atoms with Crippen molar-refractivity contribution in [3.8, 4) is 17.2 Å². The van der Waals surface area contributed by atoms with Gasteiger partial charge in [0.2, 0.25) is 18.6 Å². The maximum Gasteiger partial charge on any atom is 0.321 e. The van der Waals surface area contributed by atoms with Crippen LogP contribution in [0, 0.1) is 5.92 Å². The van der Waals surface area contributed by atoms with Gasteiger partial charge in [-0.05, 0) is 37.3 Å². The minimum Gasteiger partial charge on any atom is -0.488 e. The molecule has 244 valence electrons. The van der Waals surface area contributed by atoms with Crippen LogP contribution in [-0.4, -0.2) is 116 Å². The SMILES string of the molecule is C[C@@H]1CN([C@@H](C)CO)C(=O)Cc2cc(NC(=O)CCN3CCOCC3)ccc2O[C@H]1CN(C)C(=O)Nc1ccc2c(c1)OCO2. The third-order valence-corrected chi connectivity index (χ3v) is 8.38. The van der Waals surface area contributed by atoms with Crippen LogP contribution >= 0.6 is 0 Å². The molecule has 1 fully saturated rings. The molecule has 0 unspecified atom stereocenters. The van der Waals surface area contributed by atoms with Crippen molar-refractivity contribution in [2.45, 2.75) is 38.8 Å². The molecule has 3 aliphatic heterocycles. The van der Waals surface area contributed by atoms with Crippen LogP contribution in [0.3, 0.4) is 0 Å².